The average Bonchev–Trinajstić information content (AvgIpc) is 2.77. The first-order valence-electron chi connectivity index (χ1n) is 5.68. The highest BCUT2D eigenvalue weighted by Gasteiger charge is 2.14. The zero-order valence-electron chi connectivity index (χ0n) is 9.73. The Balaban J connectivity index is 2.14. The molecule has 1 aromatic carbocycles. The molecule has 0 aliphatic heterocycles. The molecule has 1 unspecified atom stereocenters. The highest BCUT2D eigenvalue weighted by Crippen LogP contribution is 2.17. The SMILES string of the molecule is CCC(CN)C(=O)Nc1ccc2[nH]ncc2c1. The maximum atomic E-state index is 11.8. The minimum atomic E-state index is -0.130. The number of carbonyl (C=O) groups excluding carboxylic acids is 1. The fraction of sp³-hybridized carbons (Fsp3) is 0.333. The second kappa shape index (κ2) is 4.97. The molecule has 0 radical (unpaired) electrons. The molecule has 1 atom stereocenters. The van der Waals surface area contributed by atoms with Gasteiger partial charge in [0, 0.05) is 17.6 Å². The van der Waals surface area contributed by atoms with Crippen LogP contribution in [0.1, 0.15) is 13.3 Å². The zero-order chi connectivity index (χ0) is 12.3. The fourth-order valence-electron chi connectivity index (χ4n) is 1.72. The van der Waals surface area contributed by atoms with E-state index in [4.69, 9.17) is 5.73 Å². The highest BCUT2D eigenvalue weighted by molar-refractivity contribution is 5.95. The van der Waals surface area contributed by atoms with Crippen LogP contribution in [0, 0.1) is 5.92 Å². The van der Waals surface area contributed by atoms with Crippen molar-refractivity contribution in [1.29, 1.82) is 0 Å². The van der Waals surface area contributed by atoms with Crippen LogP contribution in [-0.2, 0) is 4.79 Å². The molecule has 0 bridgehead atoms. The maximum absolute atomic E-state index is 11.8. The van der Waals surface area contributed by atoms with Crippen LogP contribution in [0.15, 0.2) is 24.4 Å². The van der Waals surface area contributed by atoms with Gasteiger partial charge in [0.2, 0.25) is 5.91 Å². The molecule has 1 aromatic heterocycles. The minimum Gasteiger partial charge on any atom is -0.330 e. The summed E-state index contributed by atoms with van der Waals surface area (Å²) in [5.41, 5.74) is 7.26. The predicted molar refractivity (Wildman–Crippen MR) is 67.6 cm³/mol. The van der Waals surface area contributed by atoms with E-state index >= 15 is 0 Å². The molecule has 0 saturated heterocycles. The number of nitrogens with two attached hydrogens (primary N) is 1. The van der Waals surface area contributed by atoms with E-state index in [1.807, 2.05) is 25.1 Å². The third kappa shape index (κ3) is 2.45. The molecule has 5 nitrogen and oxygen atoms in total. The Morgan fingerprint density at radius 2 is 2.41 bits per heavy atom. The minimum absolute atomic E-state index is 0.0298. The van der Waals surface area contributed by atoms with Crippen LogP contribution in [0.5, 0.6) is 0 Å². The van der Waals surface area contributed by atoms with Crippen LogP contribution in [0.4, 0.5) is 5.69 Å². The summed E-state index contributed by atoms with van der Waals surface area (Å²) in [7, 11) is 0. The molecule has 90 valence electrons. The first kappa shape index (κ1) is 11.6. The summed E-state index contributed by atoms with van der Waals surface area (Å²) >= 11 is 0. The van der Waals surface area contributed by atoms with Gasteiger partial charge in [0.05, 0.1) is 17.6 Å². The molecule has 2 rings (SSSR count). The molecular formula is C12H16N4O. The molecule has 1 heterocycles. The van der Waals surface area contributed by atoms with E-state index in [0.717, 1.165) is 23.0 Å². The van der Waals surface area contributed by atoms with Gasteiger partial charge in [-0.3, -0.25) is 9.89 Å². The Hall–Kier alpha value is -1.88. The quantitative estimate of drug-likeness (QED) is 0.746. The van der Waals surface area contributed by atoms with Gasteiger partial charge >= 0.3 is 0 Å². The van der Waals surface area contributed by atoms with E-state index in [9.17, 15) is 4.79 Å². The van der Waals surface area contributed by atoms with Crippen LogP contribution in [0.25, 0.3) is 10.9 Å². The van der Waals surface area contributed by atoms with Crippen molar-refractivity contribution >= 4 is 22.5 Å². The van der Waals surface area contributed by atoms with Crippen molar-refractivity contribution in [2.45, 2.75) is 13.3 Å². The Labute approximate surface area is 99.4 Å². The van der Waals surface area contributed by atoms with Crippen molar-refractivity contribution in [3.63, 3.8) is 0 Å². The molecule has 1 amide bonds. The van der Waals surface area contributed by atoms with E-state index in [-0.39, 0.29) is 11.8 Å². The normalized spacial score (nSPS) is 12.6. The number of carbonyl (C=O) groups is 1. The van der Waals surface area contributed by atoms with E-state index in [1.165, 1.54) is 0 Å². The Morgan fingerprint density at radius 1 is 1.59 bits per heavy atom. The van der Waals surface area contributed by atoms with E-state index in [1.54, 1.807) is 6.20 Å². The number of hydrogen-bond donors (Lipinski definition) is 3. The summed E-state index contributed by atoms with van der Waals surface area (Å²) in [6.07, 6.45) is 2.47. The molecule has 0 spiro atoms. The summed E-state index contributed by atoms with van der Waals surface area (Å²) < 4.78 is 0. The van der Waals surface area contributed by atoms with Crippen molar-refractivity contribution in [1.82, 2.24) is 10.2 Å². The Bertz CT molecular complexity index is 516. The lowest BCUT2D eigenvalue weighted by Crippen LogP contribution is -2.28. The molecule has 5 heteroatoms. The first-order valence-corrected chi connectivity index (χ1v) is 5.68. The van der Waals surface area contributed by atoms with E-state index in [0.29, 0.717) is 6.54 Å². The van der Waals surface area contributed by atoms with Gasteiger partial charge < -0.3 is 11.1 Å². The van der Waals surface area contributed by atoms with Crippen LogP contribution in [-0.4, -0.2) is 22.6 Å². The molecule has 0 aliphatic carbocycles. The number of nitrogens with zero attached hydrogens (tertiary/aromatic N) is 1. The third-order valence-corrected chi connectivity index (χ3v) is 2.86. The van der Waals surface area contributed by atoms with Gasteiger partial charge in [0.25, 0.3) is 0 Å². The number of amides is 1. The lowest BCUT2D eigenvalue weighted by Gasteiger charge is -2.12. The highest BCUT2D eigenvalue weighted by atomic mass is 16.1. The average molecular weight is 232 g/mol. The maximum Gasteiger partial charge on any atom is 0.228 e. The monoisotopic (exact) mass is 232 g/mol. The number of anilines is 1. The van der Waals surface area contributed by atoms with Gasteiger partial charge in [-0.25, -0.2) is 0 Å². The van der Waals surface area contributed by atoms with Crippen molar-refractivity contribution in [3.05, 3.63) is 24.4 Å². The van der Waals surface area contributed by atoms with Crippen LogP contribution in [0.2, 0.25) is 0 Å². The zero-order valence-corrected chi connectivity index (χ0v) is 9.73. The summed E-state index contributed by atoms with van der Waals surface area (Å²) in [6, 6.07) is 5.63. The summed E-state index contributed by atoms with van der Waals surface area (Å²) in [5, 5.41) is 10.6. The van der Waals surface area contributed by atoms with Gasteiger partial charge in [0.1, 0.15) is 0 Å². The number of aromatic nitrogens is 2. The molecule has 17 heavy (non-hydrogen) atoms. The molecule has 0 fully saturated rings. The fourth-order valence-corrected chi connectivity index (χ4v) is 1.72. The summed E-state index contributed by atoms with van der Waals surface area (Å²) in [4.78, 5) is 11.8. The van der Waals surface area contributed by atoms with Gasteiger partial charge in [-0.05, 0) is 24.6 Å². The molecule has 4 N–H and O–H groups in total. The topological polar surface area (TPSA) is 83.8 Å². The number of hydrogen-bond acceptors (Lipinski definition) is 3. The third-order valence-electron chi connectivity index (χ3n) is 2.86. The van der Waals surface area contributed by atoms with Gasteiger partial charge in [-0.2, -0.15) is 5.10 Å². The number of rotatable bonds is 4. The summed E-state index contributed by atoms with van der Waals surface area (Å²) in [5.74, 6) is -0.159. The lowest BCUT2D eigenvalue weighted by atomic mass is 10.1. The Morgan fingerprint density at radius 3 is 3.12 bits per heavy atom. The van der Waals surface area contributed by atoms with Crippen molar-refractivity contribution in [2.24, 2.45) is 11.7 Å². The smallest absolute Gasteiger partial charge is 0.228 e. The van der Waals surface area contributed by atoms with Gasteiger partial charge in [0.15, 0.2) is 0 Å². The standard InChI is InChI=1S/C12H16N4O/c1-2-8(6-13)12(17)15-10-3-4-11-9(5-10)7-14-16-11/h3-5,7-8H,2,6,13H2,1H3,(H,14,16)(H,15,17). The number of benzene rings is 1. The van der Waals surface area contributed by atoms with Gasteiger partial charge in [-0.15, -0.1) is 0 Å². The van der Waals surface area contributed by atoms with Crippen LogP contribution < -0.4 is 11.1 Å². The lowest BCUT2D eigenvalue weighted by molar-refractivity contribution is -0.119. The molecule has 2 aromatic rings. The first-order chi connectivity index (χ1) is 8.24. The van der Waals surface area contributed by atoms with Crippen molar-refractivity contribution in [2.75, 3.05) is 11.9 Å². The van der Waals surface area contributed by atoms with E-state index < -0.39 is 0 Å². The van der Waals surface area contributed by atoms with Crippen molar-refractivity contribution < 1.29 is 4.79 Å². The second-order valence-electron chi connectivity index (χ2n) is 4.00. The predicted octanol–water partition coefficient (Wildman–Crippen LogP) is 1.49. The van der Waals surface area contributed by atoms with Crippen LogP contribution in [0.3, 0.4) is 0 Å². The van der Waals surface area contributed by atoms with Crippen molar-refractivity contribution in [3.8, 4) is 0 Å². The largest absolute Gasteiger partial charge is 0.330 e. The Kier molecular flexibility index (Phi) is 3.39. The molecule has 0 aliphatic rings. The number of nitrogens with one attached hydrogen (secondary N) is 2. The number of H-pyrrole nitrogens is 1. The second-order valence-corrected chi connectivity index (χ2v) is 4.00. The number of fused-ring (bicyclic) bond motifs is 1. The number of aromatic amines is 1. The van der Waals surface area contributed by atoms with Gasteiger partial charge in [-0.1, -0.05) is 6.92 Å². The molecule has 0 saturated carbocycles. The summed E-state index contributed by atoms with van der Waals surface area (Å²) in [6.45, 7) is 2.33. The molecular weight excluding hydrogens is 216 g/mol. The van der Waals surface area contributed by atoms with E-state index in [2.05, 4.69) is 15.5 Å². The van der Waals surface area contributed by atoms with Crippen LogP contribution >= 0.6 is 0 Å².